The van der Waals surface area contributed by atoms with Gasteiger partial charge in [0, 0.05) is 5.56 Å². The molecule has 0 aliphatic carbocycles. The number of hydrogen-bond acceptors (Lipinski definition) is 6. The summed E-state index contributed by atoms with van der Waals surface area (Å²) in [6.07, 6.45) is 0. The number of ether oxygens (including phenoxy) is 4. The number of esters is 1. The van der Waals surface area contributed by atoms with E-state index in [1.807, 2.05) is 0 Å². The lowest BCUT2D eigenvalue weighted by Crippen LogP contribution is -2.14. The lowest BCUT2D eigenvalue weighted by Gasteiger charge is -2.13. The molecule has 0 bridgehead atoms. The van der Waals surface area contributed by atoms with Crippen LogP contribution in [0, 0.1) is 0 Å². The van der Waals surface area contributed by atoms with Gasteiger partial charge in [0.15, 0.2) is 23.9 Å². The molecule has 26 heavy (non-hydrogen) atoms. The Hall–Kier alpha value is -2.44. The molecule has 0 amide bonds. The molecule has 2 aromatic rings. The summed E-state index contributed by atoms with van der Waals surface area (Å²) >= 11 is 11.7. The van der Waals surface area contributed by atoms with Crippen molar-refractivity contribution >= 4 is 35.0 Å². The number of ketones is 1. The predicted octanol–water partition coefficient (Wildman–Crippen LogP) is 4.06. The Morgan fingerprint density at radius 1 is 0.846 bits per heavy atom. The molecule has 0 saturated heterocycles. The number of halogens is 2. The van der Waals surface area contributed by atoms with E-state index in [1.54, 1.807) is 0 Å². The van der Waals surface area contributed by atoms with Gasteiger partial charge in [0.1, 0.15) is 0 Å². The van der Waals surface area contributed by atoms with Gasteiger partial charge >= 0.3 is 5.97 Å². The molecule has 0 aliphatic rings. The van der Waals surface area contributed by atoms with E-state index >= 15 is 0 Å². The minimum absolute atomic E-state index is 0.154. The standard InChI is InChI=1S/C18H16Cl2O6/c1-23-15-7-11(8-16(24-2)17(15)25-3)18(22)26-9-14(21)10-4-5-12(19)13(20)6-10/h4-8H,9H2,1-3H3. The second kappa shape index (κ2) is 8.78. The zero-order valence-corrected chi connectivity index (χ0v) is 15.8. The van der Waals surface area contributed by atoms with E-state index in [1.165, 1.54) is 51.7 Å². The van der Waals surface area contributed by atoms with Gasteiger partial charge in [-0.15, -0.1) is 0 Å². The summed E-state index contributed by atoms with van der Waals surface area (Å²) in [4.78, 5) is 24.4. The number of carbonyl (C=O) groups excluding carboxylic acids is 2. The number of hydrogen-bond donors (Lipinski definition) is 0. The molecule has 138 valence electrons. The molecule has 0 saturated carbocycles. The van der Waals surface area contributed by atoms with Gasteiger partial charge in [0.25, 0.3) is 0 Å². The fourth-order valence-electron chi connectivity index (χ4n) is 2.17. The van der Waals surface area contributed by atoms with Crippen LogP contribution in [-0.2, 0) is 4.74 Å². The molecule has 2 aromatic carbocycles. The Kier molecular flexibility index (Phi) is 6.71. The van der Waals surface area contributed by atoms with E-state index in [0.717, 1.165) is 0 Å². The molecule has 6 nitrogen and oxygen atoms in total. The van der Waals surface area contributed by atoms with Crippen LogP contribution in [0.1, 0.15) is 20.7 Å². The predicted molar refractivity (Wildman–Crippen MR) is 97.2 cm³/mol. The highest BCUT2D eigenvalue weighted by molar-refractivity contribution is 6.42. The molecule has 0 aliphatic heterocycles. The van der Waals surface area contributed by atoms with Gasteiger partial charge in [-0.3, -0.25) is 4.79 Å². The third-order valence-electron chi connectivity index (χ3n) is 3.48. The maximum Gasteiger partial charge on any atom is 0.338 e. The first kappa shape index (κ1) is 19.9. The van der Waals surface area contributed by atoms with E-state index < -0.39 is 18.4 Å². The third kappa shape index (κ3) is 4.39. The van der Waals surface area contributed by atoms with Crippen LogP contribution in [0.15, 0.2) is 30.3 Å². The normalized spacial score (nSPS) is 10.2. The van der Waals surface area contributed by atoms with Crippen molar-refractivity contribution < 1.29 is 28.5 Å². The van der Waals surface area contributed by atoms with Crippen LogP contribution in [0.2, 0.25) is 10.0 Å². The summed E-state index contributed by atoms with van der Waals surface area (Å²) in [5.74, 6) is -0.176. The van der Waals surface area contributed by atoms with Crippen molar-refractivity contribution in [1.82, 2.24) is 0 Å². The Labute approximate surface area is 160 Å². The van der Waals surface area contributed by atoms with Gasteiger partial charge in [-0.1, -0.05) is 23.2 Å². The summed E-state index contributed by atoms with van der Waals surface area (Å²) in [5, 5.41) is 0.575. The molecule has 0 fully saturated rings. The quantitative estimate of drug-likeness (QED) is 0.517. The highest BCUT2D eigenvalue weighted by Gasteiger charge is 2.19. The van der Waals surface area contributed by atoms with Crippen molar-refractivity contribution in [2.24, 2.45) is 0 Å². The summed E-state index contributed by atoms with van der Waals surface area (Å²) in [6.45, 7) is -0.451. The van der Waals surface area contributed by atoms with Crippen LogP contribution >= 0.6 is 23.2 Å². The van der Waals surface area contributed by atoms with E-state index in [2.05, 4.69) is 0 Å². The van der Waals surface area contributed by atoms with Gasteiger partial charge in [-0.05, 0) is 30.3 Å². The number of methoxy groups -OCH3 is 3. The number of benzene rings is 2. The average Bonchev–Trinajstić information content (AvgIpc) is 2.66. The van der Waals surface area contributed by atoms with Crippen LogP contribution in [0.3, 0.4) is 0 Å². The summed E-state index contributed by atoms with van der Waals surface area (Å²) in [6, 6.07) is 7.29. The maximum absolute atomic E-state index is 12.3. The average molecular weight is 399 g/mol. The number of carbonyl (C=O) groups is 2. The molecule has 0 N–H and O–H groups in total. The molecular formula is C18H16Cl2O6. The Bertz CT molecular complexity index is 809. The van der Waals surface area contributed by atoms with E-state index in [4.69, 9.17) is 42.1 Å². The van der Waals surface area contributed by atoms with Crippen molar-refractivity contribution in [2.45, 2.75) is 0 Å². The zero-order chi connectivity index (χ0) is 19.3. The van der Waals surface area contributed by atoms with Gasteiger partial charge in [0.2, 0.25) is 5.75 Å². The highest BCUT2D eigenvalue weighted by atomic mass is 35.5. The summed E-state index contributed by atoms with van der Waals surface area (Å²) in [5.41, 5.74) is 0.443. The summed E-state index contributed by atoms with van der Waals surface area (Å²) in [7, 11) is 4.31. The van der Waals surface area contributed by atoms with Crippen LogP contribution < -0.4 is 14.2 Å². The van der Waals surface area contributed by atoms with Gasteiger partial charge < -0.3 is 18.9 Å². The van der Waals surface area contributed by atoms with Crippen molar-refractivity contribution in [2.75, 3.05) is 27.9 Å². The first-order chi connectivity index (χ1) is 12.4. The molecule has 0 unspecified atom stereocenters. The largest absolute Gasteiger partial charge is 0.493 e. The van der Waals surface area contributed by atoms with Gasteiger partial charge in [0.05, 0.1) is 36.9 Å². The molecule has 2 rings (SSSR count). The fourth-order valence-corrected chi connectivity index (χ4v) is 2.46. The Morgan fingerprint density at radius 2 is 1.46 bits per heavy atom. The molecule has 0 atom stereocenters. The topological polar surface area (TPSA) is 71.1 Å². The van der Waals surface area contributed by atoms with Crippen molar-refractivity contribution in [3.63, 3.8) is 0 Å². The fraction of sp³-hybridized carbons (Fsp3) is 0.222. The number of rotatable bonds is 7. The van der Waals surface area contributed by atoms with Crippen LogP contribution in [0.4, 0.5) is 0 Å². The lowest BCUT2D eigenvalue weighted by atomic mass is 10.1. The van der Waals surface area contributed by atoms with Gasteiger partial charge in [-0.25, -0.2) is 4.79 Å². The first-order valence-electron chi connectivity index (χ1n) is 7.36. The van der Waals surface area contributed by atoms with E-state index in [-0.39, 0.29) is 16.1 Å². The SMILES string of the molecule is COc1cc(C(=O)OCC(=O)c2ccc(Cl)c(Cl)c2)cc(OC)c1OC. The van der Waals surface area contributed by atoms with E-state index in [0.29, 0.717) is 22.3 Å². The Balaban J connectivity index is 2.14. The lowest BCUT2D eigenvalue weighted by molar-refractivity contribution is 0.0474. The monoisotopic (exact) mass is 398 g/mol. The third-order valence-corrected chi connectivity index (χ3v) is 4.22. The zero-order valence-electron chi connectivity index (χ0n) is 14.3. The second-order valence-electron chi connectivity index (χ2n) is 5.04. The highest BCUT2D eigenvalue weighted by Crippen LogP contribution is 2.38. The van der Waals surface area contributed by atoms with Crippen LogP contribution in [0.25, 0.3) is 0 Å². The van der Waals surface area contributed by atoms with Crippen molar-refractivity contribution in [1.29, 1.82) is 0 Å². The summed E-state index contributed by atoms with van der Waals surface area (Å²) < 4.78 is 20.6. The minimum atomic E-state index is -0.710. The molecule has 0 heterocycles. The number of Topliss-reactive ketones (excluding diaryl/α,β-unsaturated/α-hetero) is 1. The van der Waals surface area contributed by atoms with Crippen molar-refractivity contribution in [3.05, 3.63) is 51.5 Å². The van der Waals surface area contributed by atoms with Crippen molar-refractivity contribution in [3.8, 4) is 17.2 Å². The van der Waals surface area contributed by atoms with E-state index in [9.17, 15) is 9.59 Å². The second-order valence-corrected chi connectivity index (χ2v) is 5.86. The molecular weight excluding hydrogens is 383 g/mol. The molecule has 8 heteroatoms. The molecule has 0 spiro atoms. The first-order valence-corrected chi connectivity index (χ1v) is 8.12. The Morgan fingerprint density at radius 3 is 1.96 bits per heavy atom. The van der Waals surface area contributed by atoms with Gasteiger partial charge in [-0.2, -0.15) is 0 Å². The smallest absolute Gasteiger partial charge is 0.338 e. The van der Waals surface area contributed by atoms with Crippen LogP contribution in [-0.4, -0.2) is 39.7 Å². The molecule has 0 radical (unpaired) electrons. The van der Waals surface area contributed by atoms with Crippen LogP contribution in [0.5, 0.6) is 17.2 Å². The maximum atomic E-state index is 12.3. The molecule has 0 aromatic heterocycles. The minimum Gasteiger partial charge on any atom is -0.493 e.